The largest absolute Gasteiger partial charge is 0.545 e. The molecule has 0 bridgehead atoms. The lowest BCUT2D eigenvalue weighted by molar-refractivity contribution is -0.255. The Labute approximate surface area is 136 Å². The highest BCUT2D eigenvalue weighted by atomic mass is 32.1. The number of carboxylic acids is 1. The maximum atomic E-state index is 11.7. The molecule has 1 heterocycles. The van der Waals surface area contributed by atoms with Crippen LogP contribution in [0.15, 0.2) is 47.9 Å². The number of carbonyl (C=O) groups excluding carboxylic acids is 2. The molecule has 0 unspecified atom stereocenters. The van der Waals surface area contributed by atoms with E-state index in [0.29, 0.717) is 5.69 Å². The summed E-state index contributed by atoms with van der Waals surface area (Å²) in [6.07, 6.45) is 3.08. The minimum Gasteiger partial charge on any atom is -0.545 e. The first kappa shape index (κ1) is 15.9. The number of nitrogens with one attached hydrogen (secondary N) is 2. The molecule has 22 heavy (non-hydrogen) atoms. The number of amides is 1. The number of thiophene rings is 1. The number of anilines is 1. The van der Waals surface area contributed by atoms with E-state index in [4.69, 9.17) is 12.2 Å². The molecule has 1 amide bonds. The van der Waals surface area contributed by atoms with E-state index in [9.17, 15) is 14.7 Å². The highest BCUT2D eigenvalue weighted by Crippen LogP contribution is 2.10. The molecule has 5 nitrogen and oxygen atoms in total. The summed E-state index contributed by atoms with van der Waals surface area (Å²) in [6.45, 7) is 0. The summed E-state index contributed by atoms with van der Waals surface area (Å²) in [6, 6.07) is 9.63. The highest BCUT2D eigenvalue weighted by Gasteiger charge is 2.02. The Morgan fingerprint density at radius 2 is 1.91 bits per heavy atom. The number of carbonyl (C=O) groups is 2. The molecular weight excluding hydrogens is 320 g/mol. The molecule has 7 heteroatoms. The Kier molecular flexibility index (Phi) is 5.40. The summed E-state index contributed by atoms with van der Waals surface area (Å²) >= 11 is 6.53. The highest BCUT2D eigenvalue weighted by molar-refractivity contribution is 7.80. The monoisotopic (exact) mass is 331 g/mol. The Morgan fingerprint density at radius 1 is 1.18 bits per heavy atom. The standard InChI is InChI=1S/C15H12N2O3S2/c18-13(8-7-12-2-1-9-22-12)17-15(21)16-11-5-3-10(4-6-11)14(19)20/h1-9H,(H,19,20)(H2,16,17,18,21)/p-1/b8-7+. The van der Waals surface area contributed by atoms with Gasteiger partial charge >= 0.3 is 0 Å². The number of benzene rings is 1. The van der Waals surface area contributed by atoms with Gasteiger partial charge < -0.3 is 15.2 Å². The van der Waals surface area contributed by atoms with Crippen molar-refractivity contribution < 1.29 is 14.7 Å². The van der Waals surface area contributed by atoms with Gasteiger partial charge in [-0.25, -0.2) is 0 Å². The second-order valence-electron chi connectivity index (χ2n) is 4.16. The van der Waals surface area contributed by atoms with Crippen LogP contribution in [0.4, 0.5) is 5.69 Å². The molecule has 0 radical (unpaired) electrons. The summed E-state index contributed by atoms with van der Waals surface area (Å²) in [7, 11) is 0. The fraction of sp³-hybridized carbons (Fsp3) is 0. The van der Waals surface area contributed by atoms with Crippen LogP contribution in [-0.2, 0) is 4.79 Å². The smallest absolute Gasteiger partial charge is 0.250 e. The van der Waals surface area contributed by atoms with E-state index in [1.54, 1.807) is 6.08 Å². The van der Waals surface area contributed by atoms with Crippen molar-refractivity contribution in [3.8, 4) is 0 Å². The van der Waals surface area contributed by atoms with E-state index < -0.39 is 5.97 Å². The molecule has 1 aromatic carbocycles. The van der Waals surface area contributed by atoms with Crippen molar-refractivity contribution in [2.75, 3.05) is 5.32 Å². The molecule has 2 N–H and O–H groups in total. The molecule has 0 atom stereocenters. The topological polar surface area (TPSA) is 81.3 Å². The first-order valence-electron chi connectivity index (χ1n) is 6.19. The number of hydrogen-bond donors (Lipinski definition) is 2. The van der Waals surface area contributed by atoms with Gasteiger partial charge in [0.1, 0.15) is 0 Å². The first-order valence-corrected chi connectivity index (χ1v) is 7.48. The third-order valence-corrected chi connectivity index (χ3v) is 3.60. The Balaban J connectivity index is 1.87. The molecule has 2 aromatic rings. The quantitative estimate of drug-likeness (QED) is 0.657. The molecule has 0 fully saturated rings. The van der Waals surface area contributed by atoms with Crippen molar-refractivity contribution in [1.29, 1.82) is 0 Å². The molecule has 0 spiro atoms. The molecule has 0 aliphatic carbocycles. The van der Waals surface area contributed by atoms with Gasteiger partial charge in [0.05, 0.1) is 5.97 Å². The summed E-state index contributed by atoms with van der Waals surface area (Å²) in [4.78, 5) is 23.3. The number of thiocarbonyl (C=S) groups is 1. The van der Waals surface area contributed by atoms with E-state index in [0.717, 1.165) is 4.88 Å². The normalized spacial score (nSPS) is 10.4. The lowest BCUT2D eigenvalue weighted by atomic mass is 10.2. The average Bonchev–Trinajstić information content (AvgIpc) is 2.99. The maximum absolute atomic E-state index is 11.7. The van der Waals surface area contributed by atoms with Crippen molar-refractivity contribution in [3.05, 3.63) is 58.3 Å². The van der Waals surface area contributed by atoms with E-state index in [2.05, 4.69) is 10.6 Å². The van der Waals surface area contributed by atoms with Gasteiger partial charge in [0.2, 0.25) is 5.91 Å². The zero-order chi connectivity index (χ0) is 15.9. The van der Waals surface area contributed by atoms with Crippen molar-refractivity contribution >= 4 is 52.3 Å². The SMILES string of the molecule is O=C(/C=C/c1cccs1)NC(=S)Nc1ccc(C(=O)[O-])cc1. The first-order chi connectivity index (χ1) is 10.5. The van der Waals surface area contributed by atoms with E-state index >= 15 is 0 Å². The molecule has 0 saturated heterocycles. The fourth-order valence-corrected chi connectivity index (χ4v) is 2.39. The number of aromatic carboxylic acids is 1. The molecule has 0 saturated carbocycles. The third kappa shape index (κ3) is 4.80. The molecule has 0 aliphatic heterocycles. The van der Waals surface area contributed by atoms with Gasteiger partial charge in [0.25, 0.3) is 0 Å². The summed E-state index contributed by atoms with van der Waals surface area (Å²) < 4.78 is 0. The van der Waals surface area contributed by atoms with Crippen LogP contribution in [0.25, 0.3) is 6.08 Å². The van der Waals surface area contributed by atoms with Gasteiger partial charge in [-0.05, 0) is 47.4 Å². The summed E-state index contributed by atoms with van der Waals surface area (Å²) in [5.41, 5.74) is 0.636. The zero-order valence-corrected chi connectivity index (χ0v) is 12.9. The van der Waals surface area contributed by atoms with Crippen LogP contribution in [0.2, 0.25) is 0 Å². The lowest BCUT2D eigenvalue weighted by Gasteiger charge is -2.09. The van der Waals surface area contributed by atoms with Crippen molar-refractivity contribution in [2.24, 2.45) is 0 Å². The summed E-state index contributed by atoms with van der Waals surface area (Å²) in [5.74, 6) is -1.60. The van der Waals surface area contributed by atoms with Crippen LogP contribution in [0, 0.1) is 0 Å². The second-order valence-corrected chi connectivity index (χ2v) is 5.54. The van der Waals surface area contributed by atoms with Crippen molar-refractivity contribution in [3.63, 3.8) is 0 Å². The van der Waals surface area contributed by atoms with E-state index in [1.165, 1.54) is 41.7 Å². The molecule has 112 valence electrons. The fourth-order valence-electron chi connectivity index (χ4n) is 1.55. The van der Waals surface area contributed by atoms with Crippen molar-refractivity contribution in [2.45, 2.75) is 0 Å². The van der Waals surface area contributed by atoms with Gasteiger partial charge in [-0.2, -0.15) is 0 Å². The predicted octanol–water partition coefficient (Wildman–Crippen LogP) is 1.64. The van der Waals surface area contributed by atoms with Gasteiger partial charge in [0, 0.05) is 16.6 Å². The van der Waals surface area contributed by atoms with Crippen LogP contribution in [0.1, 0.15) is 15.2 Å². The molecular formula is C15H11N2O3S2-. The van der Waals surface area contributed by atoms with Crippen LogP contribution in [-0.4, -0.2) is 17.0 Å². The Bertz CT molecular complexity index is 707. The molecule has 2 rings (SSSR count). The van der Waals surface area contributed by atoms with Crippen molar-refractivity contribution in [1.82, 2.24) is 5.32 Å². The van der Waals surface area contributed by atoms with E-state index in [1.807, 2.05) is 17.5 Å². The van der Waals surface area contributed by atoms with Crippen LogP contribution >= 0.6 is 23.6 Å². The number of rotatable bonds is 4. The van der Waals surface area contributed by atoms with E-state index in [-0.39, 0.29) is 16.6 Å². The maximum Gasteiger partial charge on any atom is 0.250 e. The van der Waals surface area contributed by atoms with Gasteiger partial charge in [0.15, 0.2) is 5.11 Å². The van der Waals surface area contributed by atoms with Crippen LogP contribution < -0.4 is 15.7 Å². The average molecular weight is 331 g/mol. The predicted molar refractivity (Wildman–Crippen MR) is 88.5 cm³/mol. The minimum atomic E-state index is -1.25. The Morgan fingerprint density at radius 3 is 2.50 bits per heavy atom. The third-order valence-electron chi connectivity index (χ3n) is 2.56. The number of carboxylic acid groups (broad SMARTS) is 1. The lowest BCUT2D eigenvalue weighted by Crippen LogP contribution is -2.32. The molecule has 1 aromatic heterocycles. The summed E-state index contributed by atoms with van der Waals surface area (Å²) in [5, 5.41) is 18.0. The number of hydrogen-bond acceptors (Lipinski definition) is 5. The van der Waals surface area contributed by atoms with Gasteiger partial charge in [-0.3, -0.25) is 10.1 Å². The Hall–Kier alpha value is -2.51. The molecule has 0 aliphatic rings. The minimum absolute atomic E-state index is 0.0689. The van der Waals surface area contributed by atoms with Crippen LogP contribution in [0.3, 0.4) is 0 Å². The zero-order valence-electron chi connectivity index (χ0n) is 11.2. The van der Waals surface area contributed by atoms with Gasteiger partial charge in [-0.15, -0.1) is 11.3 Å². The van der Waals surface area contributed by atoms with Crippen LogP contribution in [0.5, 0.6) is 0 Å². The second kappa shape index (κ2) is 7.48. The van der Waals surface area contributed by atoms with Gasteiger partial charge in [-0.1, -0.05) is 18.2 Å².